The number of piperidine rings is 1. The predicted molar refractivity (Wildman–Crippen MR) is 62.6 cm³/mol. The number of hydrogen-bond donors (Lipinski definition) is 2. The molecule has 2 N–H and O–H groups in total. The van der Waals surface area contributed by atoms with Gasteiger partial charge in [0.1, 0.15) is 24.9 Å². The second kappa shape index (κ2) is 5.32. The molecule has 1 aliphatic heterocycles. The van der Waals surface area contributed by atoms with Gasteiger partial charge in [0.2, 0.25) is 0 Å². The highest BCUT2D eigenvalue weighted by Gasteiger charge is 2.20. The van der Waals surface area contributed by atoms with Gasteiger partial charge in [-0.25, -0.2) is 0 Å². The van der Waals surface area contributed by atoms with Crippen LogP contribution in [0.15, 0.2) is 24.3 Å². The number of methoxy groups -OCH3 is 1. The van der Waals surface area contributed by atoms with Crippen molar-refractivity contribution in [3.8, 4) is 5.75 Å². The van der Waals surface area contributed by atoms with E-state index in [1.807, 2.05) is 12.1 Å². The van der Waals surface area contributed by atoms with Gasteiger partial charge in [-0.2, -0.15) is 0 Å². The lowest BCUT2D eigenvalue weighted by molar-refractivity contribution is -0.921. The molecule has 88 valence electrons. The zero-order valence-corrected chi connectivity index (χ0v) is 9.78. The molecule has 2 atom stereocenters. The molecule has 1 unspecified atom stereocenters. The van der Waals surface area contributed by atoms with Crippen molar-refractivity contribution >= 4 is 0 Å². The summed E-state index contributed by atoms with van der Waals surface area (Å²) in [5, 5.41) is 9.60. The number of benzene rings is 1. The van der Waals surface area contributed by atoms with E-state index < -0.39 is 0 Å². The van der Waals surface area contributed by atoms with E-state index in [0.29, 0.717) is 0 Å². The number of ether oxygens (including phenoxy) is 1. The summed E-state index contributed by atoms with van der Waals surface area (Å²) in [4.78, 5) is 1.48. The SMILES string of the molecule is COc1ccc(C[NH+]2CCC[C@@H](O)C2)cc1. The van der Waals surface area contributed by atoms with Crippen molar-refractivity contribution in [1.29, 1.82) is 0 Å². The van der Waals surface area contributed by atoms with Crippen molar-refractivity contribution in [2.75, 3.05) is 20.2 Å². The van der Waals surface area contributed by atoms with Gasteiger partial charge in [-0.05, 0) is 37.1 Å². The summed E-state index contributed by atoms with van der Waals surface area (Å²) in [6, 6.07) is 8.20. The topological polar surface area (TPSA) is 33.9 Å². The van der Waals surface area contributed by atoms with Gasteiger partial charge in [-0.15, -0.1) is 0 Å². The minimum absolute atomic E-state index is 0.109. The van der Waals surface area contributed by atoms with Crippen molar-refractivity contribution in [3.05, 3.63) is 29.8 Å². The molecule has 3 heteroatoms. The molecule has 0 spiro atoms. The first kappa shape index (κ1) is 11.4. The molecule has 1 saturated heterocycles. The lowest BCUT2D eigenvalue weighted by atomic mass is 10.1. The lowest BCUT2D eigenvalue weighted by Gasteiger charge is -2.27. The van der Waals surface area contributed by atoms with Crippen molar-refractivity contribution in [2.45, 2.75) is 25.5 Å². The van der Waals surface area contributed by atoms with Gasteiger partial charge in [0.25, 0.3) is 0 Å². The molecule has 0 aliphatic carbocycles. The molecular weight excluding hydrogens is 202 g/mol. The van der Waals surface area contributed by atoms with Gasteiger partial charge in [0.05, 0.1) is 13.7 Å². The second-order valence-electron chi connectivity index (χ2n) is 4.53. The van der Waals surface area contributed by atoms with E-state index in [4.69, 9.17) is 4.74 Å². The van der Waals surface area contributed by atoms with Crippen LogP contribution in [-0.4, -0.2) is 31.4 Å². The molecule has 0 aromatic heterocycles. The van der Waals surface area contributed by atoms with E-state index in [1.165, 1.54) is 17.0 Å². The zero-order chi connectivity index (χ0) is 11.4. The third kappa shape index (κ3) is 2.97. The van der Waals surface area contributed by atoms with E-state index in [1.54, 1.807) is 7.11 Å². The number of aliphatic hydroxyl groups is 1. The number of rotatable bonds is 3. The fourth-order valence-electron chi connectivity index (χ4n) is 2.32. The Morgan fingerprint density at radius 3 is 2.75 bits per heavy atom. The van der Waals surface area contributed by atoms with Gasteiger partial charge in [0.15, 0.2) is 0 Å². The summed E-state index contributed by atoms with van der Waals surface area (Å²) < 4.78 is 5.13. The van der Waals surface area contributed by atoms with Crippen LogP contribution in [0.1, 0.15) is 18.4 Å². The molecule has 0 amide bonds. The quantitative estimate of drug-likeness (QED) is 0.768. The van der Waals surface area contributed by atoms with Crippen LogP contribution in [0.3, 0.4) is 0 Å². The van der Waals surface area contributed by atoms with Crippen molar-refractivity contribution in [3.63, 3.8) is 0 Å². The Labute approximate surface area is 96.6 Å². The van der Waals surface area contributed by atoms with Gasteiger partial charge >= 0.3 is 0 Å². The Bertz CT molecular complexity index is 323. The maximum Gasteiger partial charge on any atom is 0.118 e. The zero-order valence-electron chi connectivity index (χ0n) is 9.78. The summed E-state index contributed by atoms with van der Waals surface area (Å²) in [7, 11) is 1.68. The molecule has 0 saturated carbocycles. The molecule has 0 bridgehead atoms. The second-order valence-corrected chi connectivity index (χ2v) is 4.53. The molecule has 1 aromatic rings. The molecule has 1 aromatic carbocycles. The van der Waals surface area contributed by atoms with Gasteiger partial charge in [0, 0.05) is 5.56 Å². The fourth-order valence-corrected chi connectivity index (χ4v) is 2.32. The van der Waals surface area contributed by atoms with Crippen molar-refractivity contribution in [1.82, 2.24) is 0 Å². The number of quaternary nitrogens is 1. The van der Waals surface area contributed by atoms with E-state index in [2.05, 4.69) is 12.1 Å². The molecule has 3 nitrogen and oxygen atoms in total. The first-order valence-corrected chi connectivity index (χ1v) is 5.92. The van der Waals surface area contributed by atoms with Crippen LogP contribution in [0.4, 0.5) is 0 Å². The highest BCUT2D eigenvalue weighted by Crippen LogP contribution is 2.10. The molecule has 1 aliphatic rings. The van der Waals surface area contributed by atoms with Crippen LogP contribution in [-0.2, 0) is 6.54 Å². The van der Waals surface area contributed by atoms with E-state index in [9.17, 15) is 5.11 Å². The summed E-state index contributed by atoms with van der Waals surface area (Å²) in [6.45, 7) is 3.05. The van der Waals surface area contributed by atoms with E-state index in [0.717, 1.165) is 31.7 Å². The van der Waals surface area contributed by atoms with Crippen LogP contribution in [0, 0.1) is 0 Å². The predicted octanol–water partition coefficient (Wildman–Crippen LogP) is 0.235. The standard InChI is InChI=1S/C13H19NO2/c1-16-13-6-4-11(5-7-13)9-14-8-2-3-12(15)10-14/h4-7,12,15H,2-3,8-10H2,1H3/p+1/t12-/m1/s1. The van der Waals surface area contributed by atoms with Crippen LogP contribution >= 0.6 is 0 Å². The summed E-state index contributed by atoms with van der Waals surface area (Å²) in [5.41, 5.74) is 1.31. The molecule has 1 heterocycles. The maximum atomic E-state index is 9.60. The number of aliphatic hydroxyl groups excluding tert-OH is 1. The highest BCUT2D eigenvalue weighted by atomic mass is 16.5. The van der Waals surface area contributed by atoms with Crippen molar-refractivity contribution < 1.29 is 14.7 Å². The Balaban J connectivity index is 1.92. The molecule has 2 rings (SSSR count). The van der Waals surface area contributed by atoms with Crippen LogP contribution in [0.5, 0.6) is 5.75 Å². The number of nitrogens with one attached hydrogen (secondary N) is 1. The van der Waals surface area contributed by atoms with Crippen LogP contribution < -0.4 is 9.64 Å². The average Bonchev–Trinajstić information content (AvgIpc) is 2.30. The lowest BCUT2D eigenvalue weighted by Crippen LogP contribution is -3.12. The maximum absolute atomic E-state index is 9.60. The minimum Gasteiger partial charge on any atom is -0.497 e. The molecule has 1 fully saturated rings. The summed E-state index contributed by atoms with van der Waals surface area (Å²) >= 11 is 0. The molecule has 16 heavy (non-hydrogen) atoms. The van der Waals surface area contributed by atoms with Gasteiger partial charge in [-0.3, -0.25) is 0 Å². The molecule has 0 radical (unpaired) electrons. The molecular formula is C13H20NO2+. The number of likely N-dealkylation sites (tertiary alicyclic amines) is 1. The average molecular weight is 222 g/mol. The normalized spacial score (nSPS) is 25.4. The van der Waals surface area contributed by atoms with E-state index >= 15 is 0 Å². The largest absolute Gasteiger partial charge is 0.497 e. The highest BCUT2D eigenvalue weighted by molar-refractivity contribution is 5.26. The first-order chi connectivity index (χ1) is 7.78. The van der Waals surface area contributed by atoms with Gasteiger partial charge in [-0.1, -0.05) is 0 Å². The monoisotopic (exact) mass is 222 g/mol. The Morgan fingerprint density at radius 2 is 2.12 bits per heavy atom. The Kier molecular flexibility index (Phi) is 3.80. The third-order valence-corrected chi connectivity index (χ3v) is 3.21. The van der Waals surface area contributed by atoms with E-state index in [-0.39, 0.29) is 6.10 Å². The smallest absolute Gasteiger partial charge is 0.118 e. The minimum atomic E-state index is -0.109. The first-order valence-electron chi connectivity index (χ1n) is 5.92. The summed E-state index contributed by atoms with van der Waals surface area (Å²) in [5.74, 6) is 0.900. The van der Waals surface area contributed by atoms with Crippen LogP contribution in [0.2, 0.25) is 0 Å². The number of hydrogen-bond acceptors (Lipinski definition) is 2. The Hall–Kier alpha value is -1.06. The summed E-state index contributed by atoms with van der Waals surface area (Å²) in [6.07, 6.45) is 1.99. The van der Waals surface area contributed by atoms with Crippen molar-refractivity contribution in [2.24, 2.45) is 0 Å². The fraction of sp³-hybridized carbons (Fsp3) is 0.538. The third-order valence-electron chi connectivity index (χ3n) is 3.21. The van der Waals surface area contributed by atoms with Gasteiger partial charge < -0.3 is 14.7 Å². The Morgan fingerprint density at radius 1 is 1.38 bits per heavy atom. The van der Waals surface area contributed by atoms with Crippen LogP contribution in [0.25, 0.3) is 0 Å².